The Labute approximate surface area is 117 Å². The van der Waals surface area contributed by atoms with E-state index in [4.69, 9.17) is 9.52 Å². The number of nitrogens with one attached hydrogen (secondary N) is 1. The van der Waals surface area contributed by atoms with Crippen LogP contribution in [0.2, 0.25) is 0 Å². The Bertz CT molecular complexity index is 513. The summed E-state index contributed by atoms with van der Waals surface area (Å²) in [6, 6.07) is -0.956. The van der Waals surface area contributed by atoms with E-state index >= 15 is 0 Å². The number of aliphatic carboxylic acids is 1. The number of carbonyl (C=O) groups excluding carboxylic acids is 1. The molecule has 20 heavy (non-hydrogen) atoms. The number of carbonyl (C=O) groups is 2. The monoisotopic (exact) mass is 281 g/mol. The first-order chi connectivity index (χ1) is 9.40. The lowest BCUT2D eigenvalue weighted by Crippen LogP contribution is -2.44. The average molecular weight is 281 g/mol. The molecule has 1 aliphatic heterocycles. The summed E-state index contributed by atoms with van der Waals surface area (Å²) >= 11 is 0. The van der Waals surface area contributed by atoms with Crippen LogP contribution in [0.3, 0.4) is 0 Å². The number of nitrogens with zero attached hydrogens (tertiary/aromatic N) is 2. The van der Waals surface area contributed by atoms with Crippen LogP contribution in [-0.4, -0.2) is 39.6 Å². The van der Waals surface area contributed by atoms with E-state index in [1.807, 2.05) is 0 Å². The summed E-state index contributed by atoms with van der Waals surface area (Å²) in [5.74, 6) is -0.233. The zero-order valence-corrected chi connectivity index (χ0v) is 11.8. The second-order valence-corrected chi connectivity index (χ2v) is 5.15. The maximum absolute atomic E-state index is 12.2. The van der Waals surface area contributed by atoms with Crippen molar-refractivity contribution in [3.63, 3.8) is 0 Å². The Morgan fingerprint density at radius 3 is 2.80 bits per heavy atom. The van der Waals surface area contributed by atoms with Gasteiger partial charge in [-0.3, -0.25) is 4.79 Å². The number of urea groups is 1. The molecule has 2 amide bonds. The number of aryl methyl sites for hydroxylation is 1. The Hall–Kier alpha value is -2.05. The highest BCUT2D eigenvalue weighted by molar-refractivity contribution is 5.78. The highest BCUT2D eigenvalue weighted by atomic mass is 16.4. The fraction of sp³-hybridized carbons (Fsp3) is 0.615. The van der Waals surface area contributed by atoms with Crippen molar-refractivity contribution < 1.29 is 19.1 Å². The van der Waals surface area contributed by atoms with Gasteiger partial charge in [-0.2, -0.15) is 0 Å². The number of aromatic nitrogens is 1. The molecule has 0 radical (unpaired) electrons. The highest BCUT2D eigenvalue weighted by Gasteiger charge is 2.38. The van der Waals surface area contributed by atoms with E-state index in [0.29, 0.717) is 24.6 Å². The lowest BCUT2D eigenvalue weighted by atomic mass is 10.0. The minimum atomic E-state index is -0.857. The summed E-state index contributed by atoms with van der Waals surface area (Å²) in [6.07, 6.45) is 2.08. The van der Waals surface area contributed by atoms with E-state index < -0.39 is 11.9 Å². The fourth-order valence-electron chi connectivity index (χ4n) is 2.46. The zero-order chi connectivity index (χ0) is 14.9. The summed E-state index contributed by atoms with van der Waals surface area (Å²) in [4.78, 5) is 28.8. The molecule has 0 aromatic carbocycles. The second-order valence-electron chi connectivity index (χ2n) is 5.15. The van der Waals surface area contributed by atoms with Gasteiger partial charge in [-0.15, -0.1) is 0 Å². The maximum Gasteiger partial charge on any atom is 0.318 e. The number of oxazole rings is 1. The first kappa shape index (κ1) is 14.4. The number of carboxylic acid groups (broad SMARTS) is 1. The van der Waals surface area contributed by atoms with Gasteiger partial charge < -0.3 is 19.7 Å². The van der Waals surface area contributed by atoms with Crippen molar-refractivity contribution in [3.05, 3.63) is 17.8 Å². The van der Waals surface area contributed by atoms with Crippen molar-refractivity contribution in [1.29, 1.82) is 0 Å². The number of carboxylic acids is 1. The minimum absolute atomic E-state index is 0.287. The summed E-state index contributed by atoms with van der Waals surface area (Å²) in [7, 11) is 0. The molecule has 0 spiro atoms. The smallest absolute Gasteiger partial charge is 0.318 e. The van der Waals surface area contributed by atoms with Crippen molar-refractivity contribution in [2.24, 2.45) is 5.92 Å². The third kappa shape index (κ3) is 2.76. The van der Waals surface area contributed by atoms with Crippen LogP contribution >= 0.6 is 0 Å². The van der Waals surface area contributed by atoms with E-state index in [0.717, 1.165) is 0 Å². The predicted molar refractivity (Wildman–Crippen MR) is 70.1 cm³/mol. The van der Waals surface area contributed by atoms with Crippen molar-refractivity contribution in [2.45, 2.75) is 39.3 Å². The fourth-order valence-corrected chi connectivity index (χ4v) is 2.46. The first-order valence-electron chi connectivity index (χ1n) is 6.62. The van der Waals surface area contributed by atoms with Gasteiger partial charge in [0.2, 0.25) is 5.89 Å². The maximum atomic E-state index is 12.2. The molecule has 7 heteroatoms. The predicted octanol–water partition coefficient (Wildman–Crippen LogP) is 1.55. The molecule has 0 bridgehead atoms. The van der Waals surface area contributed by atoms with Crippen LogP contribution in [0, 0.1) is 12.8 Å². The van der Waals surface area contributed by atoms with E-state index in [9.17, 15) is 9.59 Å². The molecule has 2 heterocycles. The SMILES string of the molecule is Cc1cnc(C(C)NC(=O)N2CCC(C(=O)O)C2C)o1. The molecule has 110 valence electrons. The van der Waals surface area contributed by atoms with E-state index in [2.05, 4.69) is 10.3 Å². The van der Waals surface area contributed by atoms with Gasteiger partial charge in [0.25, 0.3) is 0 Å². The summed E-state index contributed by atoms with van der Waals surface area (Å²) in [6.45, 7) is 5.76. The molecule has 0 aliphatic carbocycles. The van der Waals surface area contributed by atoms with Gasteiger partial charge in [-0.05, 0) is 27.2 Å². The summed E-state index contributed by atoms with van der Waals surface area (Å²) in [5, 5.41) is 11.8. The van der Waals surface area contributed by atoms with E-state index in [1.165, 1.54) is 0 Å². The van der Waals surface area contributed by atoms with Crippen LogP contribution in [0.5, 0.6) is 0 Å². The Morgan fingerprint density at radius 2 is 2.30 bits per heavy atom. The molecular formula is C13H19N3O4. The third-order valence-corrected chi connectivity index (χ3v) is 3.68. The largest absolute Gasteiger partial charge is 0.481 e. The summed E-state index contributed by atoms with van der Waals surface area (Å²) in [5.41, 5.74) is 0. The molecule has 1 aliphatic rings. The standard InChI is InChI=1S/C13H19N3O4/c1-7-6-14-11(20-7)8(2)15-13(19)16-5-4-10(9(16)3)12(17)18/h6,8-10H,4-5H2,1-3H3,(H,15,19)(H,17,18). The van der Waals surface area contributed by atoms with Crippen LogP contribution in [0.25, 0.3) is 0 Å². The van der Waals surface area contributed by atoms with Gasteiger partial charge in [-0.25, -0.2) is 9.78 Å². The normalized spacial score (nSPS) is 23.6. The van der Waals surface area contributed by atoms with Crippen molar-refractivity contribution in [2.75, 3.05) is 6.54 Å². The number of hydrogen-bond acceptors (Lipinski definition) is 4. The Morgan fingerprint density at radius 1 is 1.60 bits per heavy atom. The third-order valence-electron chi connectivity index (χ3n) is 3.68. The second kappa shape index (κ2) is 5.52. The molecule has 2 N–H and O–H groups in total. The summed E-state index contributed by atoms with van der Waals surface area (Å²) < 4.78 is 5.36. The van der Waals surface area contributed by atoms with Gasteiger partial charge >= 0.3 is 12.0 Å². The molecule has 3 unspecified atom stereocenters. The molecule has 1 aromatic heterocycles. The number of amides is 2. The van der Waals surface area contributed by atoms with Crippen molar-refractivity contribution in [1.82, 2.24) is 15.2 Å². The van der Waals surface area contributed by atoms with Crippen molar-refractivity contribution >= 4 is 12.0 Å². The van der Waals surface area contributed by atoms with Crippen LogP contribution in [0.1, 0.15) is 38.0 Å². The number of likely N-dealkylation sites (tertiary alicyclic amines) is 1. The average Bonchev–Trinajstić information content (AvgIpc) is 2.95. The quantitative estimate of drug-likeness (QED) is 0.876. The molecular weight excluding hydrogens is 262 g/mol. The first-order valence-corrected chi connectivity index (χ1v) is 6.62. The lowest BCUT2D eigenvalue weighted by molar-refractivity contribution is -0.142. The van der Waals surface area contributed by atoms with Gasteiger partial charge in [0.1, 0.15) is 11.8 Å². The Balaban J connectivity index is 1.97. The number of hydrogen-bond donors (Lipinski definition) is 2. The van der Waals surface area contributed by atoms with Crippen molar-refractivity contribution in [3.8, 4) is 0 Å². The molecule has 1 saturated heterocycles. The van der Waals surface area contributed by atoms with Gasteiger partial charge in [0.05, 0.1) is 12.1 Å². The van der Waals surface area contributed by atoms with Gasteiger partial charge in [-0.1, -0.05) is 0 Å². The zero-order valence-electron chi connectivity index (χ0n) is 11.8. The van der Waals surface area contributed by atoms with E-state index in [-0.39, 0.29) is 18.1 Å². The molecule has 3 atom stereocenters. The Kier molecular flexibility index (Phi) is 3.96. The van der Waals surface area contributed by atoms with Crippen LogP contribution in [0.15, 0.2) is 10.6 Å². The van der Waals surface area contributed by atoms with E-state index in [1.54, 1.807) is 31.9 Å². The molecule has 1 fully saturated rings. The highest BCUT2D eigenvalue weighted by Crippen LogP contribution is 2.25. The molecule has 2 rings (SSSR count). The van der Waals surface area contributed by atoms with Gasteiger partial charge in [0, 0.05) is 12.6 Å². The van der Waals surface area contributed by atoms with Crippen LogP contribution in [0.4, 0.5) is 4.79 Å². The van der Waals surface area contributed by atoms with Crippen LogP contribution < -0.4 is 5.32 Å². The van der Waals surface area contributed by atoms with Crippen LogP contribution in [-0.2, 0) is 4.79 Å². The van der Waals surface area contributed by atoms with Gasteiger partial charge in [0.15, 0.2) is 0 Å². The molecule has 0 saturated carbocycles. The molecule has 7 nitrogen and oxygen atoms in total. The number of rotatable bonds is 3. The lowest BCUT2D eigenvalue weighted by Gasteiger charge is -2.24. The topological polar surface area (TPSA) is 95.7 Å². The minimum Gasteiger partial charge on any atom is -0.481 e. The molecule has 1 aromatic rings.